The Hall–Kier alpha value is -6.60. The van der Waals surface area contributed by atoms with Gasteiger partial charge in [0.25, 0.3) is 0 Å². The maximum absolute atomic E-state index is 13.4. The third kappa shape index (κ3) is 4.66. The van der Waals surface area contributed by atoms with Crippen molar-refractivity contribution in [3.8, 4) is 11.5 Å². The van der Waals surface area contributed by atoms with E-state index >= 15 is 0 Å². The summed E-state index contributed by atoms with van der Waals surface area (Å²) in [5, 5.41) is 4.92. The summed E-state index contributed by atoms with van der Waals surface area (Å²) in [6, 6.07) is 35.6. The molecule has 236 valence electrons. The normalized spacial score (nSPS) is 17.0. The van der Waals surface area contributed by atoms with Crippen LogP contribution >= 0.6 is 0 Å². The first-order chi connectivity index (χ1) is 23.8. The summed E-state index contributed by atoms with van der Waals surface area (Å²) in [6.07, 6.45) is 7.18. The first-order valence-corrected chi connectivity index (χ1v) is 15.9. The molecule has 0 radical (unpaired) electrons. The lowest BCUT2D eigenvalue weighted by atomic mass is 9.65. The highest BCUT2D eigenvalue weighted by Gasteiger charge is 2.40. The highest BCUT2D eigenvalue weighted by Crippen LogP contribution is 2.52. The second-order valence-corrected chi connectivity index (χ2v) is 12.6. The zero-order valence-electron chi connectivity index (χ0n) is 26.1. The molecule has 0 saturated heterocycles. The van der Waals surface area contributed by atoms with Gasteiger partial charge in [-0.2, -0.15) is 0 Å². The monoisotopic (exact) mass is 640 g/mol. The summed E-state index contributed by atoms with van der Waals surface area (Å²) in [4.78, 5) is 26.3. The van der Waals surface area contributed by atoms with Crippen molar-refractivity contribution in [3.63, 3.8) is 0 Å². The number of benzene rings is 6. The van der Waals surface area contributed by atoms with E-state index in [1.165, 1.54) is 32.7 Å². The standard InChI is InChI=1S/C42H28N2O5/c43-29-13-9-26(10-14-29)39(45)47-31-17-18-32-34-23-42(22-28-5-1-3-24-7-8-25-4-2-6-35(42)38(25)37(24)28)20-19-33(34)41(48-36(32)21-31)49-40(46)27-11-15-30(44)16-12-27/h1-21,23H,22,43-44H2. The van der Waals surface area contributed by atoms with Crippen molar-refractivity contribution in [1.82, 2.24) is 0 Å². The second-order valence-electron chi connectivity index (χ2n) is 12.6. The average molecular weight is 641 g/mol. The number of hydrogen-bond donors (Lipinski definition) is 2. The molecule has 0 fully saturated rings. The molecule has 9 rings (SSSR count). The van der Waals surface area contributed by atoms with Gasteiger partial charge in [0, 0.05) is 28.4 Å². The largest absolute Gasteiger partial charge is 0.425 e. The van der Waals surface area contributed by atoms with Gasteiger partial charge < -0.3 is 25.7 Å². The molecule has 6 aromatic carbocycles. The average Bonchev–Trinajstić information content (AvgIpc) is 3.11. The number of esters is 2. The quantitative estimate of drug-likeness (QED) is 0.0863. The van der Waals surface area contributed by atoms with Crippen molar-refractivity contribution in [3.05, 3.63) is 173 Å². The molecule has 0 saturated carbocycles. The first kappa shape index (κ1) is 28.6. The van der Waals surface area contributed by atoms with Crippen LogP contribution in [0.1, 0.15) is 37.4 Å². The summed E-state index contributed by atoms with van der Waals surface area (Å²) >= 11 is 0. The van der Waals surface area contributed by atoms with E-state index in [1.807, 2.05) is 12.1 Å². The van der Waals surface area contributed by atoms with Crippen LogP contribution in [0.5, 0.6) is 11.5 Å². The van der Waals surface area contributed by atoms with E-state index in [4.69, 9.17) is 25.7 Å². The second kappa shape index (κ2) is 10.7. The maximum atomic E-state index is 13.4. The molecule has 4 N–H and O–H groups in total. The highest BCUT2D eigenvalue weighted by atomic mass is 16.7. The number of carbonyl (C=O) groups excluding carboxylic acids is 2. The zero-order valence-corrected chi connectivity index (χ0v) is 26.1. The Bertz CT molecular complexity index is 2490. The molecule has 0 aromatic heterocycles. The summed E-state index contributed by atoms with van der Waals surface area (Å²) < 4.78 is 18.0. The number of nitrogens with two attached hydrogens (primary N) is 2. The van der Waals surface area contributed by atoms with Crippen molar-refractivity contribution in [2.75, 3.05) is 11.5 Å². The Kier molecular flexibility index (Phi) is 6.26. The molecule has 49 heavy (non-hydrogen) atoms. The van der Waals surface area contributed by atoms with E-state index in [0.717, 1.165) is 17.6 Å². The minimum atomic E-state index is -0.590. The van der Waals surface area contributed by atoms with Gasteiger partial charge in [-0.25, -0.2) is 9.59 Å². The molecule has 0 amide bonds. The van der Waals surface area contributed by atoms with Crippen LogP contribution in [0.3, 0.4) is 0 Å². The van der Waals surface area contributed by atoms with Crippen LogP contribution in [0.25, 0.3) is 27.1 Å². The fourth-order valence-corrected chi connectivity index (χ4v) is 7.21. The Morgan fingerprint density at radius 2 is 1.35 bits per heavy atom. The number of ether oxygens (including phenoxy) is 3. The smallest absolute Gasteiger partial charge is 0.345 e. The lowest BCUT2D eigenvalue weighted by molar-refractivity contribution is 0.0469. The Balaban J connectivity index is 1.17. The summed E-state index contributed by atoms with van der Waals surface area (Å²) in [7, 11) is 0. The van der Waals surface area contributed by atoms with Gasteiger partial charge in [-0.05, 0) is 111 Å². The molecule has 7 nitrogen and oxygen atoms in total. The predicted octanol–water partition coefficient (Wildman–Crippen LogP) is 8.28. The SMILES string of the molecule is Nc1ccc(C(=O)OC2=C3C=CC4(C=C3c3ccc(OC(=O)c5ccc(N)cc5)cc3O2)Cc2cccc3ccc5cccc4c5c23)cc1. The predicted molar refractivity (Wildman–Crippen MR) is 190 cm³/mol. The van der Waals surface area contributed by atoms with Gasteiger partial charge in [0.15, 0.2) is 0 Å². The van der Waals surface area contributed by atoms with Gasteiger partial charge in [0.1, 0.15) is 11.5 Å². The van der Waals surface area contributed by atoms with Gasteiger partial charge in [0.2, 0.25) is 0 Å². The van der Waals surface area contributed by atoms with Gasteiger partial charge in [0.05, 0.1) is 16.7 Å². The molecule has 1 aliphatic heterocycles. The highest BCUT2D eigenvalue weighted by molar-refractivity contribution is 6.13. The molecule has 1 spiro atoms. The van der Waals surface area contributed by atoms with Crippen LogP contribution < -0.4 is 20.9 Å². The molecule has 6 aromatic rings. The van der Waals surface area contributed by atoms with Crippen molar-refractivity contribution >= 4 is 50.4 Å². The van der Waals surface area contributed by atoms with Crippen molar-refractivity contribution in [2.45, 2.75) is 11.8 Å². The van der Waals surface area contributed by atoms with Crippen LogP contribution in [0.15, 0.2) is 145 Å². The minimum Gasteiger partial charge on any atom is -0.425 e. The van der Waals surface area contributed by atoms with E-state index in [2.05, 4.69) is 60.7 Å². The molecular weight excluding hydrogens is 612 g/mol. The number of anilines is 2. The number of allylic oxidation sites excluding steroid dienone is 5. The van der Waals surface area contributed by atoms with Crippen molar-refractivity contribution in [1.29, 1.82) is 0 Å². The molecule has 1 unspecified atom stereocenters. The minimum absolute atomic E-state index is 0.0326. The zero-order chi connectivity index (χ0) is 33.3. The Labute approximate surface area is 281 Å². The molecule has 2 aliphatic carbocycles. The van der Waals surface area contributed by atoms with Gasteiger partial charge in [-0.1, -0.05) is 60.7 Å². The van der Waals surface area contributed by atoms with Crippen LogP contribution in [0.4, 0.5) is 11.4 Å². The molecule has 7 heteroatoms. The number of rotatable bonds is 4. The maximum Gasteiger partial charge on any atom is 0.345 e. The molecular formula is C42H28N2O5. The van der Waals surface area contributed by atoms with Crippen LogP contribution in [0, 0.1) is 0 Å². The first-order valence-electron chi connectivity index (χ1n) is 15.9. The molecule has 1 heterocycles. The fourth-order valence-electron chi connectivity index (χ4n) is 7.21. The van der Waals surface area contributed by atoms with Gasteiger partial charge in [-0.15, -0.1) is 0 Å². The van der Waals surface area contributed by atoms with Crippen molar-refractivity contribution in [2.24, 2.45) is 0 Å². The lowest BCUT2D eigenvalue weighted by Crippen LogP contribution is -2.30. The summed E-state index contributed by atoms with van der Waals surface area (Å²) in [6.45, 7) is 0. The number of nitrogen functional groups attached to an aromatic ring is 2. The Morgan fingerprint density at radius 3 is 2.06 bits per heavy atom. The topological polar surface area (TPSA) is 114 Å². The third-order valence-electron chi connectivity index (χ3n) is 9.55. The van der Waals surface area contributed by atoms with Crippen molar-refractivity contribution < 1.29 is 23.8 Å². The number of fused-ring (bicyclic) bond motifs is 4. The van der Waals surface area contributed by atoms with E-state index in [1.54, 1.807) is 60.7 Å². The van der Waals surface area contributed by atoms with Crippen LogP contribution in [0.2, 0.25) is 0 Å². The number of hydrogen-bond acceptors (Lipinski definition) is 7. The summed E-state index contributed by atoms with van der Waals surface area (Å²) in [5.41, 5.74) is 17.7. The van der Waals surface area contributed by atoms with Crippen LogP contribution in [-0.2, 0) is 16.6 Å². The molecule has 0 bridgehead atoms. The third-order valence-corrected chi connectivity index (χ3v) is 9.55. The number of carbonyl (C=O) groups is 2. The molecule has 3 aliphatic rings. The van der Waals surface area contributed by atoms with Gasteiger partial charge in [-0.3, -0.25) is 0 Å². The van der Waals surface area contributed by atoms with E-state index < -0.39 is 17.4 Å². The Morgan fingerprint density at radius 1 is 0.694 bits per heavy atom. The lowest BCUT2D eigenvalue weighted by Gasteiger charge is -2.38. The summed E-state index contributed by atoms with van der Waals surface area (Å²) in [5.74, 6) is -0.431. The van der Waals surface area contributed by atoms with Crippen LogP contribution in [-0.4, -0.2) is 11.9 Å². The van der Waals surface area contributed by atoms with E-state index in [0.29, 0.717) is 33.8 Å². The van der Waals surface area contributed by atoms with E-state index in [-0.39, 0.29) is 11.7 Å². The van der Waals surface area contributed by atoms with E-state index in [9.17, 15) is 9.59 Å². The van der Waals surface area contributed by atoms with Gasteiger partial charge >= 0.3 is 17.9 Å². The molecule has 1 atom stereocenters. The fraction of sp³-hybridized carbons (Fsp3) is 0.0476.